The highest BCUT2D eigenvalue weighted by molar-refractivity contribution is 14.0. The number of ether oxygens (including phenoxy) is 1. The van der Waals surface area contributed by atoms with Gasteiger partial charge in [-0.2, -0.15) is 5.10 Å². The maximum atomic E-state index is 12.0. The van der Waals surface area contributed by atoms with E-state index in [2.05, 4.69) is 34.5 Å². The molecule has 0 bridgehead atoms. The van der Waals surface area contributed by atoms with Crippen LogP contribution in [0.25, 0.3) is 0 Å². The summed E-state index contributed by atoms with van der Waals surface area (Å²) in [5, 5.41) is 10.6. The number of alkyl carbamates (subject to hydrolysis) is 1. The molecule has 28 heavy (non-hydrogen) atoms. The van der Waals surface area contributed by atoms with E-state index in [9.17, 15) is 4.79 Å². The van der Waals surface area contributed by atoms with Gasteiger partial charge in [-0.3, -0.25) is 9.67 Å². The van der Waals surface area contributed by atoms with Crippen LogP contribution >= 0.6 is 24.0 Å². The third-order valence-corrected chi connectivity index (χ3v) is 4.15. The summed E-state index contributed by atoms with van der Waals surface area (Å²) in [6, 6.07) is 2.01. The number of hydrogen-bond acceptors (Lipinski definition) is 4. The average Bonchev–Trinajstić information content (AvgIpc) is 3.21. The lowest BCUT2D eigenvalue weighted by Crippen LogP contribution is -2.44. The van der Waals surface area contributed by atoms with Crippen LogP contribution in [0.2, 0.25) is 0 Å². The molecule has 1 aromatic heterocycles. The zero-order valence-electron chi connectivity index (χ0n) is 17.6. The molecule has 2 unspecified atom stereocenters. The molecule has 0 aliphatic carbocycles. The molecule has 0 aromatic carbocycles. The van der Waals surface area contributed by atoms with Crippen molar-refractivity contribution in [2.75, 3.05) is 26.2 Å². The summed E-state index contributed by atoms with van der Waals surface area (Å²) < 4.78 is 7.28. The maximum absolute atomic E-state index is 12.0. The van der Waals surface area contributed by atoms with Crippen molar-refractivity contribution in [1.82, 2.24) is 25.3 Å². The molecule has 2 rings (SSSR count). The highest BCUT2D eigenvalue weighted by Gasteiger charge is 2.27. The molecule has 1 saturated heterocycles. The van der Waals surface area contributed by atoms with E-state index in [0.717, 1.165) is 45.1 Å². The smallest absolute Gasteiger partial charge is 0.407 e. The number of halogens is 1. The third-order valence-electron chi connectivity index (χ3n) is 4.15. The fourth-order valence-electron chi connectivity index (χ4n) is 3.00. The Hall–Kier alpha value is -1.52. The summed E-state index contributed by atoms with van der Waals surface area (Å²) in [6.45, 7) is 13.8. The summed E-state index contributed by atoms with van der Waals surface area (Å²) in [5.74, 6) is 1.29. The number of carbonyl (C=O) groups is 1. The molecular weight excluding hydrogens is 471 g/mol. The van der Waals surface area contributed by atoms with Crippen molar-refractivity contribution in [3.8, 4) is 0 Å². The van der Waals surface area contributed by atoms with Crippen LogP contribution in [0, 0.1) is 5.92 Å². The van der Waals surface area contributed by atoms with Crippen molar-refractivity contribution < 1.29 is 9.53 Å². The second-order valence-corrected chi connectivity index (χ2v) is 8.11. The number of amides is 1. The Balaban J connectivity index is 0.00000392. The lowest BCUT2D eigenvalue weighted by Gasteiger charge is -2.23. The SMILES string of the molecule is CCNC(=NCC(C)Cn1cccn1)N1CCC(NC(=O)OC(C)(C)C)C1.I. The average molecular weight is 506 g/mol. The van der Waals surface area contributed by atoms with E-state index in [4.69, 9.17) is 9.73 Å². The molecule has 0 radical (unpaired) electrons. The van der Waals surface area contributed by atoms with Crippen molar-refractivity contribution in [3.05, 3.63) is 18.5 Å². The Labute approximate surface area is 185 Å². The van der Waals surface area contributed by atoms with Gasteiger partial charge in [0.25, 0.3) is 0 Å². The van der Waals surface area contributed by atoms with Crippen molar-refractivity contribution in [1.29, 1.82) is 0 Å². The lowest BCUT2D eigenvalue weighted by molar-refractivity contribution is 0.0507. The monoisotopic (exact) mass is 506 g/mol. The minimum atomic E-state index is -0.483. The van der Waals surface area contributed by atoms with Gasteiger partial charge in [-0.15, -0.1) is 24.0 Å². The number of rotatable bonds is 6. The van der Waals surface area contributed by atoms with Crippen LogP contribution in [-0.4, -0.2) is 64.6 Å². The lowest BCUT2D eigenvalue weighted by atomic mass is 10.2. The van der Waals surface area contributed by atoms with Crippen LogP contribution in [0.4, 0.5) is 4.79 Å². The third kappa shape index (κ3) is 8.66. The van der Waals surface area contributed by atoms with E-state index in [1.807, 2.05) is 37.7 Å². The molecule has 2 N–H and O–H groups in total. The molecule has 2 heterocycles. The van der Waals surface area contributed by atoms with Gasteiger partial charge in [0, 0.05) is 45.1 Å². The quantitative estimate of drug-likeness (QED) is 0.352. The van der Waals surface area contributed by atoms with E-state index in [1.54, 1.807) is 6.20 Å². The van der Waals surface area contributed by atoms with Crippen molar-refractivity contribution in [2.24, 2.45) is 10.9 Å². The standard InChI is InChI=1S/C19H34N6O2.HI/c1-6-20-17(21-12-15(2)13-25-10-7-9-22-25)24-11-8-16(14-24)23-18(26)27-19(3,4)5;/h7,9-10,15-16H,6,8,11-14H2,1-5H3,(H,20,21)(H,23,26);1H. The van der Waals surface area contributed by atoms with Gasteiger partial charge < -0.3 is 20.3 Å². The van der Waals surface area contributed by atoms with Gasteiger partial charge in [-0.05, 0) is 46.1 Å². The molecule has 0 saturated carbocycles. The number of likely N-dealkylation sites (tertiary alicyclic amines) is 1. The van der Waals surface area contributed by atoms with Crippen LogP contribution in [0.3, 0.4) is 0 Å². The number of nitrogens with zero attached hydrogens (tertiary/aromatic N) is 4. The van der Waals surface area contributed by atoms with Crippen LogP contribution in [0.15, 0.2) is 23.5 Å². The molecule has 1 aromatic rings. The van der Waals surface area contributed by atoms with Crippen LogP contribution < -0.4 is 10.6 Å². The first kappa shape index (κ1) is 24.5. The highest BCUT2D eigenvalue weighted by atomic mass is 127. The van der Waals surface area contributed by atoms with Gasteiger partial charge in [0.15, 0.2) is 5.96 Å². The first-order valence-electron chi connectivity index (χ1n) is 9.77. The molecule has 1 amide bonds. The van der Waals surface area contributed by atoms with E-state index >= 15 is 0 Å². The molecule has 9 heteroatoms. The van der Waals surface area contributed by atoms with Gasteiger partial charge in [0.1, 0.15) is 5.60 Å². The first-order chi connectivity index (χ1) is 12.8. The van der Waals surface area contributed by atoms with Crippen molar-refractivity contribution >= 4 is 36.0 Å². The van der Waals surface area contributed by atoms with Crippen molar-refractivity contribution in [2.45, 2.75) is 59.2 Å². The number of aromatic nitrogens is 2. The van der Waals surface area contributed by atoms with Crippen LogP contribution in [0.1, 0.15) is 41.0 Å². The largest absolute Gasteiger partial charge is 0.444 e. The number of guanidine groups is 1. The first-order valence-corrected chi connectivity index (χ1v) is 9.77. The zero-order valence-corrected chi connectivity index (χ0v) is 20.0. The zero-order chi connectivity index (χ0) is 19.9. The predicted molar refractivity (Wildman–Crippen MR) is 122 cm³/mol. The fraction of sp³-hybridized carbons (Fsp3) is 0.737. The minimum absolute atomic E-state index is 0. The van der Waals surface area contributed by atoms with Gasteiger partial charge in [0.2, 0.25) is 0 Å². The van der Waals surface area contributed by atoms with Gasteiger partial charge in [0.05, 0.1) is 6.04 Å². The minimum Gasteiger partial charge on any atom is -0.444 e. The molecular formula is C19H35IN6O2. The Morgan fingerprint density at radius 3 is 2.79 bits per heavy atom. The van der Waals surface area contributed by atoms with Gasteiger partial charge in [-0.25, -0.2) is 4.79 Å². The summed E-state index contributed by atoms with van der Waals surface area (Å²) in [4.78, 5) is 19.0. The van der Waals surface area contributed by atoms with Crippen LogP contribution in [-0.2, 0) is 11.3 Å². The number of nitrogens with one attached hydrogen (secondary N) is 2. The second-order valence-electron chi connectivity index (χ2n) is 8.11. The molecule has 1 fully saturated rings. The van der Waals surface area contributed by atoms with Gasteiger partial charge in [-0.1, -0.05) is 6.92 Å². The summed E-state index contributed by atoms with van der Waals surface area (Å²) >= 11 is 0. The second kappa shape index (κ2) is 11.5. The fourth-order valence-corrected chi connectivity index (χ4v) is 3.00. The Bertz CT molecular complexity index is 614. The van der Waals surface area contributed by atoms with Crippen LogP contribution in [0.5, 0.6) is 0 Å². The Kier molecular flexibility index (Phi) is 10.0. The molecule has 2 atom stereocenters. The summed E-state index contributed by atoms with van der Waals surface area (Å²) in [5.41, 5.74) is -0.483. The van der Waals surface area contributed by atoms with E-state index in [1.165, 1.54) is 0 Å². The summed E-state index contributed by atoms with van der Waals surface area (Å²) in [6.07, 6.45) is 4.29. The molecule has 0 spiro atoms. The molecule has 1 aliphatic heterocycles. The Morgan fingerprint density at radius 1 is 1.43 bits per heavy atom. The van der Waals surface area contributed by atoms with E-state index in [-0.39, 0.29) is 36.1 Å². The summed E-state index contributed by atoms with van der Waals surface area (Å²) in [7, 11) is 0. The Morgan fingerprint density at radius 2 is 2.18 bits per heavy atom. The highest BCUT2D eigenvalue weighted by Crippen LogP contribution is 2.12. The van der Waals surface area contributed by atoms with Crippen molar-refractivity contribution in [3.63, 3.8) is 0 Å². The van der Waals surface area contributed by atoms with Gasteiger partial charge >= 0.3 is 6.09 Å². The number of aliphatic imine (C=N–C) groups is 1. The predicted octanol–water partition coefficient (Wildman–Crippen LogP) is 2.70. The maximum Gasteiger partial charge on any atom is 0.407 e. The normalized spacial score (nSPS) is 18.4. The molecule has 1 aliphatic rings. The molecule has 8 nitrogen and oxygen atoms in total. The number of carbonyl (C=O) groups excluding carboxylic acids is 1. The van der Waals surface area contributed by atoms with E-state index in [0.29, 0.717) is 5.92 Å². The van der Waals surface area contributed by atoms with E-state index < -0.39 is 5.60 Å². The number of hydrogen-bond donors (Lipinski definition) is 2. The topological polar surface area (TPSA) is 83.8 Å². The molecule has 160 valence electrons.